The van der Waals surface area contributed by atoms with Gasteiger partial charge in [-0.1, -0.05) is 0 Å². The maximum Gasteiger partial charge on any atom is 0.416 e. The molecule has 0 radical (unpaired) electrons. The van der Waals surface area contributed by atoms with E-state index in [0.717, 1.165) is 12.1 Å². The van der Waals surface area contributed by atoms with Crippen LogP contribution in [0.25, 0.3) is 0 Å². The molecule has 0 saturated carbocycles. The Balaban J connectivity index is 1.86. The number of halogens is 3. The highest BCUT2D eigenvalue weighted by atomic mass is 19.4. The molecule has 156 valence electrons. The molecule has 3 rings (SSSR count). The number of nitriles is 1. The van der Waals surface area contributed by atoms with Gasteiger partial charge in [-0.05, 0) is 24.3 Å². The molecule has 0 amide bonds. The van der Waals surface area contributed by atoms with E-state index in [4.69, 9.17) is 5.26 Å². The van der Waals surface area contributed by atoms with Gasteiger partial charge in [-0.25, -0.2) is 0 Å². The predicted octanol–water partition coefficient (Wildman–Crippen LogP) is 3.72. The lowest BCUT2D eigenvalue weighted by atomic mass is 10.1. The highest BCUT2D eigenvalue weighted by Crippen LogP contribution is 2.37. The molecule has 0 atom stereocenters. The summed E-state index contributed by atoms with van der Waals surface area (Å²) >= 11 is 0. The molecule has 2 aromatic rings. The van der Waals surface area contributed by atoms with E-state index in [1.54, 1.807) is 9.80 Å². The average Bonchev–Trinajstić information content (AvgIpc) is 2.72. The van der Waals surface area contributed by atoms with E-state index >= 15 is 0 Å². The Labute approximate surface area is 167 Å². The summed E-state index contributed by atoms with van der Waals surface area (Å²) in [5.74, 6) is 0. The number of alkyl halides is 3. The Kier molecular flexibility index (Phi) is 5.46. The minimum absolute atomic E-state index is 0.0490. The number of nitrogens with zero attached hydrogens (tertiary/aromatic N) is 5. The number of piperazine rings is 1. The third-order valence-electron chi connectivity index (χ3n) is 4.76. The quantitative estimate of drug-likeness (QED) is 0.545. The number of hydrogen-bond acceptors (Lipinski definition) is 7. The van der Waals surface area contributed by atoms with Gasteiger partial charge in [0.2, 0.25) is 0 Å². The van der Waals surface area contributed by atoms with Crippen LogP contribution in [0.3, 0.4) is 0 Å². The van der Waals surface area contributed by atoms with Gasteiger partial charge in [-0.15, -0.1) is 0 Å². The number of rotatable bonds is 4. The molecule has 0 aromatic heterocycles. The van der Waals surface area contributed by atoms with Crippen LogP contribution in [0.5, 0.6) is 0 Å². The Morgan fingerprint density at radius 2 is 1.43 bits per heavy atom. The summed E-state index contributed by atoms with van der Waals surface area (Å²) in [4.78, 5) is 24.4. The van der Waals surface area contributed by atoms with Gasteiger partial charge in [0, 0.05) is 38.3 Å². The van der Waals surface area contributed by atoms with Gasteiger partial charge in [-0.3, -0.25) is 20.2 Å². The van der Waals surface area contributed by atoms with Crippen LogP contribution in [0.15, 0.2) is 36.4 Å². The average molecular weight is 421 g/mol. The Bertz CT molecular complexity index is 1040. The molecular weight excluding hydrogens is 407 g/mol. The number of anilines is 2. The van der Waals surface area contributed by atoms with Crippen LogP contribution < -0.4 is 9.80 Å². The first-order valence-electron chi connectivity index (χ1n) is 8.66. The van der Waals surface area contributed by atoms with Crippen LogP contribution in [-0.2, 0) is 6.18 Å². The monoisotopic (exact) mass is 421 g/mol. The normalized spacial score (nSPS) is 14.3. The van der Waals surface area contributed by atoms with Gasteiger partial charge in [0.25, 0.3) is 11.4 Å². The second-order valence-corrected chi connectivity index (χ2v) is 6.50. The van der Waals surface area contributed by atoms with Crippen molar-refractivity contribution in [3.63, 3.8) is 0 Å². The number of nitro groups is 2. The van der Waals surface area contributed by atoms with Crippen LogP contribution in [0.2, 0.25) is 0 Å². The van der Waals surface area contributed by atoms with Gasteiger partial charge in [-0.2, -0.15) is 18.4 Å². The summed E-state index contributed by atoms with van der Waals surface area (Å²) < 4.78 is 38.7. The molecule has 0 N–H and O–H groups in total. The largest absolute Gasteiger partial charge is 0.416 e. The van der Waals surface area contributed by atoms with E-state index in [1.807, 2.05) is 6.07 Å². The van der Waals surface area contributed by atoms with Crippen molar-refractivity contribution in [2.24, 2.45) is 0 Å². The smallest absolute Gasteiger partial charge is 0.362 e. The predicted molar refractivity (Wildman–Crippen MR) is 100 cm³/mol. The minimum atomic E-state index is -4.70. The van der Waals surface area contributed by atoms with E-state index in [1.165, 1.54) is 18.2 Å². The molecule has 1 fully saturated rings. The molecule has 9 nitrogen and oxygen atoms in total. The zero-order valence-corrected chi connectivity index (χ0v) is 15.3. The first-order valence-corrected chi connectivity index (χ1v) is 8.66. The molecule has 30 heavy (non-hydrogen) atoms. The van der Waals surface area contributed by atoms with Gasteiger partial charge in [0.15, 0.2) is 0 Å². The summed E-state index contributed by atoms with van der Waals surface area (Å²) in [6, 6.07) is 8.24. The van der Waals surface area contributed by atoms with Gasteiger partial charge >= 0.3 is 6.18 Å². The third kappa shape index (κ3) is 4.09. The Morgan fingerprint density at radius 3 is 1.93 bits per heavy atom. The van der Waals surface area contributed by atoms with Gasteiger partial charge < -0.3 is 9.80 Å². The summed E-state index contributed by atoms with van der Waals surface area (Å²) in [5, 5.41) is 31.7. The van der Waals surface area contributed by atoms with Crippen LogP contribution in [-0.4, -0.2) is 36.0 Å². The Morgan fingerprint density at radius 1 is 0.867 bits per heavy atom. The lowest BCUT2D eigenvalue weighted by molar-refractivity contribution is -0.384. The fraction of sp³-hybridized carbons (Fsp3) is 0.278. The fourth-order valence-corrected chi connectivity index (χ4v) is 3.30. The first kappa shape index (κ1) is 20.8. The van der Waals surface area contributed by atoms with E-state index in [2.05, 4.69) is 0 Å². The van der Waals surface area contributed by atoms with Crippen molar-refractivity contribution in [1.82, 2.24) is 0 Å². The molecule has 0 bridgehead atoms. The minimum Gasteiger partial charge on any atom is -0.362 e. The summed E-state index contributed by atoms with van der Waals surface area (Å²) in [6.07, 6.45) is -4.70. The zero-order chi connectivity index (χ0) is 22.1. The molecule has 0 unspecified atom stereocenters. The standard InChI is InChI=1S/C18H14F3N5O4/c19-18(20,21)13-2-4-14(17(10-13)26(29)30)23-5-7-24(8-6-23)16-9-12(11-22)1-3-15(16)25(27)28/h1-4,9-10H,5-8H2. The lowest BCUT2D eigenvalue weighted by Crippen LogP contribution is -2.47. The third-order valence-corrected chi connectivity index (χ3v) is 4.76. The van der Waals surface area contributed by atoms with Crippen LogP contribution >= 0.6 is 0 Å². The van der Waals surface area contributed by atoms with Crippen molar-refractivity contribution in [1.29, 1.82) is 5.26 Å². The molecule has 1 aliphatic heterocycles. The van der Waals surface area contributed by atoms with Crippen molar-refractivity contribution in [3.05, 3.63) is 67.8 Å². The molecular formula is C18H14F3N5O4. The molecule has 1 saturated heterocycles. The molecule has 1 aliphatic rings. The molecule has 2 aromatic carbocycles. The fourth-order valence-electron chi connectivity index (χ4n) is 3.30. The van der Waals surface area contributed by atoms with Crippen molar-refractivity contribution >= 4 is 22.7 Å². The molecule has 0 spiro atoms. The van der Waals surface area contributed by atoms with Crippen molar-refractivity contribution in [2.75, 3.05) is 36.0 Å². The Hall–Kier alpha value is -3.88. The maximum absolute atomic E-state index is 12.9. The molecule has 0 aliphatic carbocycles. The number of benzene rings is 2. The summed E-state index contributed by atoms with van der Waals surface area (Å²) in [5.41, 5.74) is -1.40. The van der Waals surface area contributed by atoms with Gasteiger partial charge in [0.1, 0.15) is 11.4 Å². The second-order valence-electron chi connectivity index (χ2n) is 6.50. The summed E-state index contributed by atoms with van der Waals surface area (Å²) in [6.45, 7) is 0.849. The van der Waals surface area contributed by atoms with Crippen LogP contribution in [0, 0.1) is 31.6 Å². The van der Waals surface area contributed by atoms with Gasteiger partial charge in [0.05, 0.1) is 27.0 Å². The van der Waals surface area contributed by atoms with E-state index in [0.29, 0.717) is 6.07 Å². The first-order chi connectivity index (χ1) is 14.1. The van der Waals surface area contributed by atoms with Crippen LogP contribution in [0.1, 0.15) is 11.1 Å². The lowest BCUT2D eigenvalue weighted by Gasteiger charge is -2.36. The number of hydrogen-bond donors (Lipinski definition) is 0. The molecule has 1 heterocycles. The maximum atomic E-state index is 12.9. The van der Waals surface area contributed by atoms with E-state index in [9.17, 15) is 33.4 Å². The summed E-state index contributed by atoms with van der Waals surface area (Å²) in [7, 11) is 0. The highest BCUT2D eigenvalue weighted by molar-refractivity contribution is 5.68. The highest BCUT2D eigenvalue weighted by Gasteiger charge is 2.34. The van der Waals surface area contributed by atoms with Crippen molar-refractivity contribution in [2.45, 2.75) is 6.18 Å². The van der Waals surface area contributed by atoms with E-state index < -0.39 is 27.3 Å². The zero-order valence-electron chi connectivity index (χ0n) is 15.3. The van der Waals surface area contributed by atoms with E-state index in [-0.39, 0.29) is 48.8 Å². The second kappa shape index (κ2) is 7.86. The number of nitro benzene ring substituents is 2. The topological polar surface area (TPSA) is 117 Å². The molecule has 12 heteroatoms. The van der Waals surface area contributed by atoms with Crippen LogP contribution in [0.4, 0.5) is 35.9 Å². The van der Waals surface area contributed by atoms with Crippen molar-refractivity contribution in [3.8, 4) is 6.07 Å². The van der Waals surface area contributed by atoms with Crippen molar-refractivity contribution < 1.29 is 23.0 Å². The SMILES string of the molecule is N#Cc1ccc([N+](=O)[O-])c(N2CCN(c3ccc(C(F)(F)F)cc3[N+](=O)[O-])CC2)c1.